The zero-order chi connectivity index (χ0) is 19.5. The van der Waals surface area contributed by atoms with Crippen LogP contribution in [0.15, 0.2) is 12.7 Å². The highest BCUT2D eigenvalue weighted by Gasteiger charge is 2.52. The van der Waals surface area contributed by atoms with Crippen molar-refractivity contribution in [3.63, 3.8) is 0 Å². The minimum absolute atomic E-state index is 0.0443. The fourth-order valence-electron chi connectivity index (χ4n) is 3.61. The van der Waals surface area contributed by atoms with Crippen LogP contribution in [0.25, 0.3) is 0 Å². The van der Waals surface area contributed by atoms with Crippen molar-refractivity contribution in [2.75, 3.05) is 6.61 Å². The van der Waals surface area contributed by atoms with Gasteiger partial charge in [-0.05, 0) is 45.8 Å². The van der Waals surface area contributed by atoms with Crippen molar-refractivity contribution in [2.24, 2.45) is 11.8 Å². The molecule has 7 nitrogen and oxygen atoms in total. The van der Waals surface area contributed by atoms with E-state index in [9.17, 15) is 14.4 Å². The van der Waals surface area contributed by atoms with Crippen molar-refractivity contribution in [3.05, 3.63) is 12.7 Å². The van der Waals surface area contributed by atoms with Crippen LogP contribution in [0, 0.1) is 11.8 Å². The van der Waals surface area contributed by atoms with Gasteiger partial charge in [0.25, 0.3) is 0 Å². The summed E-state index contributed by atoms with van der Waals surface area (Å²) in [6.45, 7) is 11.3. The maximum atomic E-state index is 12.9. The summed E-state index contributed by atoms with van der Waals surface area (Å²) < 4.78 is 16.0. The summed E-state index contributed by atoms with van der Waals surface area (Å²) in [4.78, 5) is 36.5. The number of hydrogen-bond donors (Lipinski definition) is 1. The number of β-lactam (4-membered cyclic amide) rings is 1. The monoisotopic (exact) mass is 383 g/mol. The van der Waals surface area contributed by atoms with Gasteiger partial charge in [0.2, 0.25) is 5.91 Å². The van der Waals surface area contributed by atoms with Crippen molar-refractivity contribution in [2.45, 2.75) is 64.1 Å². The van der Waals surface area contributed by atoms with Crippen molar-refractivity contribution in [1.29, 1.82) is 0 Å². The Kier molecular flexibility index (Phi) is 6.62. The number of ether oxygens (including phenoxy) is 2. The maximum Gasteiger partial charge on any atom is 0.508 e. The lowest BCUT2D eigenvalue weighted by Crippen LogP contribution is -2.67. The lowest BCUT2D eigenvalue weighted by molar-refractivity contribution is -0.149. The van der Waals surface area contributed by atoms with E-state index in [0.717, 1.165) is 12.8 Å². The lowest BCUT2D eigenvalue weighted by atomic mass is 9.71. The zero-order valence-corrected chi connectivity index (χ0v) is 16.9. The Labute approximate surface area is 155 Å². The zero-order valence-electron chi connectivity index (χ0n) is 15.9. The molecule has 2 rings (SSSR count). The minimum atomic E-state index is -1.83. The van der Waals surface area contributed by atoms with E-state index < -0.39 is 32.6 Å². The molecule has 146 valence electrons. The molecular weight excluding hydrogens is 354 g/mol. The van der Waals surface area contributed by atoms with Crippen LogP contribution in [-0.4, -0.2) is 51.0 Å². The molecule has 5 atom stereocenters. The topological polar surface area (TPSA) is 90.9 Å². The van der Waals surface area contributed by atoms with E-state index in [0.29, 0.717) is 6.42 Å². The van der Waals surface area contributed by atoms with Crippen LogP contribution in [0.5, 0.6) is 0 Å². The van der Waals surface area contributed by atoms with Gasteiger partial charge in [0.05, 0.1) is 12.0 Å². The highest BCUT2D eigenvalue weighted by Crippen LogP contribution is 2.35. The van der Waals surface area contributed by atoms with E-state index in [4.69, 9.17) is 13.9 Å². The summed E-state index contributed by atoms with van der Waals surface area (Å²) in [5.41, 5.74) is 0. The van der Waals surface area contributed by atoms with Crippen LogP contribution >= 0.6 is 0 Å². The van der Waals surface area contributed by atoms with Crippen molar-refractivity contribution in [3.8, 4) is 0 Å². The third-order valence-electron chi connectivity index (χ3n) is 4.70. The number of hydrogen-bond acceptors (Lipinski definition) is 6. The fraction of sp³-hybridized carbons (Fsp3) is 0.722. The average Bonchev–Trinajstić information content (AvgIpc) is 2.51. The summed E-state index contributed by atoms with van der Waals surface area (Å²) in [6.07, 6.45) is 1.84. The summed E-state index contributed by atoms with van der Waals surface area (Å²) in [6, 6.07) is -0.328. The number of ketones is 1. The van der Waals surface area contributed by atoms with Crippen LogP contribution in [0.2, 0.25) is 19.6 Å². The molecule has 26 heavy (non-hydrogen) atoms. The second-order valence-corrected chi connectivity index (χ2v) is 12.4. The van der Waals surface area contributed by atoms with E-state index >= 15 is 0 Å². The Morgan fingerprint density at radius 2 is 2.04 bits per heavy atom. The Morgan fingerprint density at radius 3 is 2.62 bits per heavy atom. The molecule has 0 unspecified atom stereocenters. The predicted molar refractivity (Wildman–Crippen MR) is 98.1 cm³/mol. The van der Waals surface area contributed by atoms with Crippen LogP contribution < -0.4 is 5.32 Å². The number of carbonyl (C=O) groups excluding carboxylic acids is 3. The molecule has 8 heteroatoms. The molecular formula is C18H29NO6Si. The first kappa shape index (κ1) is 20.6. The van der Waals surface area contributed by atoms with Gasteiger partial charge in [-0.25, -0.2) is 4.79 Å². The summed E-state index contributed by atoms with van der Waals surface area (Å²) in [7, 11) is -1.83. The molecule has 1 saturated carbocycles. The predicted octanol–water partition coefficient (Wildman–Crippen LogP) is 2.42. The normalized spacial score (nSPS) is 30.0. The first-order valence-corrected chi connectivity index (χ1v) is 12.5. The van der Waals surface area contributed by atoms with Gasteiger partial charge in [0.15, 0.2) is 14.1 Å². The number of Topliss-reactive ketones (excluding diaryl/α,β-unsaturated/α-hetero) is 1. The molecule has 0 spiro atoms. The van der Waals surface area contributed by atoms with Gasteiger partial charge < -0.3 is 19.2 Å². The summed E-state index contributed by atoms with van der Waals surface area (Å²) in [5.74, 6) is -1.01. The van der Waals surface area contributed by atoms with E-state index in [1.807, 2.05) is 0 Å². The van der Waals surface area contributed by atoms with Gasteiger partial charge in [-0.15, -0.1) is 0 Å². The second-order valence-electron chi connectivity index (χ2n) is 7.89. The van der Waals surface area contributed by atoms with Crippen LogP contribution in [0.3, 0.4) is 0 Å². The minimum Gasteiger partial charge on any atom is -0.430 e. The number of rotatable bonds is 7. The first-order chi connectivity index (χ1) is 12.1. The highest BCUT2D eigenvalue weighted by molar-refractivity contribution is 6.69. The smallest absolute Gasteiger partial charge is 0.430 e. The molecule has 1 N–H and O–H groups in total. The third-order valence-corrected chi connectivity index (χ3v) is 5.69. The quantitative estimate of drug-likeness (QED) is 0.314. The van der Waals surface area contributed by atoms with E-state index in [2.05, 4.69) is 31.5 Å². The van der Waals surface area contributed by atoms with Gasteiger partial charge in [0, 0.05) is 5.92 Å². The summed E-state index contributed by atoms with van der Waals surface area (Å²) >= 11 is 0. The van der Waals surface area contributed by atoms with Crippen molar-refractivity contribution in [1.82, 2.24) is 5.32 Å². The molecule has 0 radical (unpaired) electrons. The van der Waals surface area contributed by atoms with Gasteiger partial charge in [-0.2, -0.15) is 0 Å². The van der Waals surface area contributed by atoms with Gasteiger partial charge in [0.1, 0.15) is 18.8 Å². The lowest BCUT2D eigenvalue weighted by Gasteiger charge is -2.45. The molecule has 0 aromatic heterocycles. The standard InChI is InChI=1S/C18H29NO6Si/c1-6-10-23-18(22)24-11(2)14-15(19-17(14)21)12-8-7-9-13(16(12)20)25-26(3,4)5/h6,11-15H,1,7-10H2,2-5H3,(H,19,21)/t11-,12-,13+,14-,15-/m1/s1. The van der Waals surface area contributed by atoms with E-state index in [1.165, 1.54) is 6.08 Å². The fourth-order valence-corrected chi connectivity index (χ4v) is 4.69. The first-order valence-electron chi connectivity index (χ1n) is 9.10. The SMILES string of the molecule is C=CCOC(=O)O[C@H](C)[C@H]1C(=O)N[C@@H]1[C@H]1CCC[C@H](O[Si](C)(C)C)C1=O. The largest absolute Gasteiger partial charge is 0.508 e. The van der Waals surface area contributed by atoms with Crippen LogP contribution in [0.1, 0.15) is 26.2 Å². The van der Waals surface area contributed by atoms with Crippen LogP contribution in [0.4, 0.5) is 4.79 Å². The van der Waals surface area contributed by atoms with E-state index in [1.54, 1.807) is 6.92 Å². The maximum absolute atomic E-state index is 12.9. The number of amides is 1. The molecule has 1 saturated heterocycles. The molecule has 0 aromatic rings. The number of carbonyl (C=O) groups is 3. The molecule has 0 bridgehead atoms. The molecule has 1 heterocycles. The summed E-state index contributed by atoms with van der Waals surface area (Å²) in [5, 5.41) is 2.82. The Morgan fingerprint density at radius 1 is 1.35 bits per heavy atom. The van der Waals surface area contributed by atoms with Gasteiger partial charge >= 0.3 is 6.16 Å². The molecule has 0 aromatic carbocycles. The van der Waals surface area contributed by atoms with Crippen LogP contribution in [-0.2, 0) is 23.5 Å². The Bertz CT molecular complexity index is 573. The number of nitrogens with one attached hydrogen (secondary N) is 1. The Hall–Kier alpha value is -1.67. The molecule has 1 amide bonds. The molecule has 1 aliphatic carbocycles. The Balaban J connectivity index is 2.00. The highest BCUT2D eigenvalue weighted by atomic mass is 28.4. The molecule has 2 aliphatic rings. The second kappa shape index (κ2) is 8.35. The van der Waals surface area contributed by atoms with Crippen molar-refractivity contribution < 1.29 is 28.3 Å². The molecule has 1 aliphatic heterocycles. The average molecular weight is 384 g/mol. The van der Waals surface area contributed by atoms with Gasteiger partial charge in [-0.3, -0.25) is 9.59 Å². The van der Waals surface area contributed by atoms with E-state index in [-0.39, 0.29) is 30.3 Å². The molecule has 2 fully saturated rings. The van der Waals surface area contributed by atoms with Gasteiger partial charge in [-0.1, -0.05) is 12.7 Å². The van der Waals surface area contributed by atoms with Crippen molar-refractivity contribution >= 4 is 26.2 Å². The third kappa shape index (κ3) is 4.94.